The maximum atomic E-state index is 13.7. The minimum absolute atomic E-state index is 0.148. The van der Waals surface area contributed by atoms with Gasteiger partial charge in [-0.05, 0) is 31.9 Å². The van der Waals surface area contributed by atoms with Gasteiger partial charge in [-0.2, -0.15) is 0 Å². The molecule has 4 heteroatoms. The van der Waals surface area contributed by atoms with Crippen LogP contribution in [0.25, 0.3) is 0 Å². The Hall–Kier alpha value is -1.58. The molecular formula is C15H23FN2O. The summed E-state index contributed by atoms with van der Waals surface area (Å²) < 4.78 is 13.7. The van der Waals surface area contributed by atoms with E-state index in [-0.39, 0.29) is 17.6 Å². The van der Waals surface area contributed by atoms with Crippen molar-refractivity contribution in [3.8, 4) is 0 Å². The van der Waals surface area contributed by atoms with E-state index < -0.39 is 5.82 Å². The van der Waals surface area contributed by atoms with E-state index in [2.05, 4.69) is 17.6 Å². The van der Waals surface area contributed by atoms with Crippen LogP contribution in [0.15, 0.2) is 18.2 Å². The maximum Gasteiger partial charge on any atom is 0.253 e. The van der Waals surface area contributed by atoms with Crippen molar-refractivity contribution in [2.24, 2.45) is 0 Å². The van der Waals surface area contributed by atoms with E-state index in [1.54, 1.807) is 12.1 Å². The molecule has 1 amide bonds. The Bertz CT molecular complexity index is 421. The van der Waals surface area contributed by atoms with Gasteiger partial charge in [0.1, 0.15) is 5.82 Å². The van der Waals surface area contributed by atoms with Crippen LogP contribution in [-0.4, -0.2) is 18.5 Å². The van der Waals surface area contributed by atoms with Crippen LogP contribution in [0.3, 0.4) is 0 Å². The van der Waals surface area contributed by atoms with E-state index in [4.69, 9.17) is 0 Å². The summed E-state index contributed by atoms with van der Waals surface area (Å²) in [5.41, 5.74) is 0.658. The van der Waals surface area contributed by atoms with Crippen LogP contribution < -0.4 is 10.6 Å². The number of anilines is 1. The molecule has 2 N–H and O–H groups in total. The Kier molecular flexibility index (Phi) is 6.33. The van der Waals surface area contributed by atoms with Gasteiger partial charge in [-0.1, -0.05) is 26.3 Å². The molecule has 0 aliphatic heterocycles. The third kappa shape index (κ3) is 4.23. The monoisotopic (exact) mass is 266 g/mol. The highest BCUT2D eigenvalue weighted by atomic mass is 19.1. The average Bonchev–Trinajstić information content (AvgIpc) is 2.40. The van der Waals surface area contributed by atoms with Crippen molar-refractivity contribution in [3.63, 3.8) is 0 Å². The summed E-state index contributed by atoms with van der Waals surface area (Å²) in [5, 5.41) is 5.88. The number of para-hydroxylation sites is 1. The summed E-state index contributed by atoms with van der Waals surface area (Å²) in [4.78, 5) is 12.2. The molecular weight excluding hydrogens is 243 g/mol. The van der Waals surface area contributed by atoms with Gasteiger partial charge >= 0.3 is 0 Å². The largest absolute Gasteiger partial charge is 0.382 e. The highest BCUT2D eigenvalue weighted by molar-refractivity contribution is 5.99. The van der Waals surface area contributed by atoms with Gasteiger partial charge < -0.3 is 10.6 Å². The summed E-state index contributed by atoms with van der Waals surface area (Å²) in [5.74, 6) is -0.603. The molecule has 3 nitrogen and oxygen atoms in total. The molecule has 106 valence electrons. The lowest BCUT2D eigenvalue weighted by atomic mass is 10.1. The van der Waals surface area contributed by atoms with Crippen LogP contribution in [0.2, 0.25) is 0 Å². The lowest BCUT2D eigenvalue weighted by molar-refractivity contribution is 0.0934. The zero-order chi connectivity index (χ0) is 14.3. The van der Waals surface area contributed by atoms with Crippen molar-refractivity contribution in [2.75, 3.05) is 11.9 Å². The molecule has 19 heavy (non-hydrogen) atoms. The number of hydrogen-bond donors (Lipinski definition) is 2. The lowest BCUT2D eigenvalue weighted by Crippen LogP contribution is -2.34. The van der Waals surface area contributed by atoms with Gasteiger partial charge in [0.15, 0.2) is 0 Å². The normalized spacial score (nSPS) is 12.0. The number of carbonyl (C=O) groups is 1. The molecule has 0 bridgehead atoms. The fraction of sp³-hybridized carbons (Fsp3) is 0.533. The molecule has 1 unspecified atom stereocenters. The van der Waals surface area contributed by atoms with Gasteiger partial charge in [-0.25, -0.2) is 4.39 Å². The van der Waals surface area contributed by atoms with Crippen molar-refractivity contribution >= 4 is 11.6 Å². The summed E-state index contributed by atoms with van der Waals surface area (Å²) in [6, 6.07) is 4.72. The summed E-state index contributed by atoms with van der Waals surface area (Å²) >= 11 is 0. The zero-order valence-electron chi connectivity index (χ0n) is 11.9. The van der Waals surface area contributed by atoms with Crippen LogP contribution >= 0.6 is 0 Å². The standard InChI is InChI=1S/C15H23FN2O/c1-4-8-11(5-2)18-15(19)12-9-7-10-13(16)14(12)17-6-3/h7,9-11,17H,4-6,8H2,1-3H3,(H,18,19). The number of carbonyl (C=O) groups excluding carboxylic acids is 1. The van der Waals surface area contributed by atoms with Crippen LogP contribution in [0.4, 0.5) is 10.1 Å². The molecule has 0 saturated carbocycles. The lowest BCUT2D eigenvalue weighted by Gasteiger charge is -2.18. The number of halogens is 1. The second kappa shape index (κ2) is 7.77. The van der Waals surface area contributed by atoms with E-state index in [1.807, 2.05) is 13.8 Å². The van der Waals surface area contributed by atoms with Crippen LogP contribution in [0.5, 0.6) is 0 Å². The molecule has 1 atom stereocenters. The van der Waals surface area contributed by atoms with Gasteiger partial charge in [0.05, 0.1) is 11.3 Å². The van der Waals surface area contributed by atoms with E-state index >= 15 is 0 Å². The highest BCUT2D eigenvalue weighted by Gasteiger charge is 2.17. The second-order valence-electron chi connectivity index (χ2n) is 4.56. The summed E-state index contributed by atoms with van der Waals surface area (Å²) in [6.07, 6.45) is 2.83. The van der Waals surface area contributed by atoms with Crippen LogP contribution in [-0.2, 0) is 0 Å². The fourth-order valence-electron chi connectivity index (χ4n) is 2.06. The van der Waals surface area contributed by atoms with E-state index in [0.717, 1.165) is 19.3 Å². The first-order valence-electron chi connectivity index (χ1n) is 6.97. The number of benzene rings is 1. The highest BCUT2D eigenvalue weighted by Crippen LogP contribution is 2.20. The van der Waals surface area contributed by atoms with E-state index in [0.29, 0.717) is 12.1 Å². The van der Waals surface area contributed by atoms with Crippen LogP contribution in [0.1, 0.15) is 50.4 Å². The first-order valence-corrected chi connectivity index (χ1v) is 6.97. The predicted octanol–water partition coefficient (Wildman–Crippen LogP) is 3.57. The Morgan fingerprint density at radius 3 is 2.63 bits per heavy atom. The SMILES string of the molecule is CCCC(CC)NC(=O)c1cccc(F)c1NCC. The first-order chi connectivity index (χ1) is 9.13. The van der Waals surface area contributed by atoms with Gasteiger partial charge in [-0.15, -0.1) is 0 Å². The summed E-state index contributed by atoms with van der Waals surface area (Å²) in [6.45, 7) is 6.58. The number of amides is 1. The average molecular weight is 266 g/mol. The molecule has 0 radical (unpaired) electrons. The summed E-state index contributed by atoms with van der Waals surface area (Å²) in [7, 11) is 0. The quantitative estimate of drug-likeness (QED) is 0.792. The first kappa shape index (κ1) is 15.5. The van der Waals surface area contributed by atoms with Crippen molar-refractivity contribution in [1.29, 1.82) is 0 Å². The Morgan fingerprint density at radius 2 is 2.05 bits per heavy atom. The number of nitrogens with one attached hydrogen (secondary N) is 2. The molecule has 0 fully saturated rings. The predicted molar refractivity (Wildman–Crippen MR) is 77.0 cm³/mol. The van der Waals surface area contributed by atoms with Crippen molar-refractivity contribution in [3.05, 3.63) is 29.6 Å². The Labute approximate surface area is 114 Å². The van der Waals surface area contributed by atoms with Crippen molar-refractivity contribution in [2.45, 2.75) is 46.1 Å². The molecule has 1 rings (SSSR count). The number of hydrogen-bond acceptors (Lipinski definition) is 2. The second-order valence-corrected chi connectivity index (χ2v) is 4.56. The minimum atomic E-state index is -0.391. The molecule has 1 aromatic rings. The van der Waals surface area contributed by atoms with Crippen molar-refractivity contribution in [1.82, 2.24) is 5.32 Å². The molecule has 1 aromatic carbocycles. The molecule has 0 heterocycles. The minimum Gasteiger partial charge on any atom is -0.382 e. The topological polar surface area (TPSA) is 41.1 Å². The smallest absolute Gasteiger partial charge is 0.253 e. The van der Waals surface area contributed by atoms with Crippen LogP contribution in [0, 0.1) is 5.82 Å². The fourth-order valence-corrected chi connectivity index (χ4v) is 2.06. The molecule has 0 saturated heterocycles. The Balaban J connectivity index is 2.89. The molecule has 0 spiro atoms. The molecule has 0 aliphatic rings. The van der Waals surface area contributed by atoms with Crippen molar-refractivity contribution < 1.29 is 9.18 Å². The van der Waals surface area contributed by atoms with E-state index in [9.17, 15) is 9.18 Å². The Morgan fingerprint density at radius 1 is 1.32 bits per heavy atom. The van der Waals surface area contributed by atoms with Gasteiger partial charge in [-0.3, -0.25) is 4.79 Å². The maximum absolute atomic E-state index is 13.7. The third-order valence-electron chi connectivity index (χ3n) is 3.08. The number of rotatable bonds is 7. The third-order valence-corrected chi connectivity index (χ3v) is 3.08. The molecule has 0 aliphatic carbocycles. The van der Waals surface area contributed by atoms with Gasteiger partial charge in [0.25, 0.3) is 5.91 Å². The van der Waals surface area contributed by atoms with Gasteiger partial charge in [0.2, 0.25) is 0 Å². The molecule has 0 aromatic heterocycles. The van der Waals surface area contributed by atoms with E-state index in [1.165, 1.54) is 6.07 Å². The van der Waals surface area contributed by atoms with Gasteiger partial charge in [0, 0.05) is 12.6 Å². The zero-order valence-corrected chi connectivity index (χ0v) is 11.9.